The Balaban J connectivity index is 2.88. The van der Waals surface area contributed by atoms with Gasteiger partial charge in [0.05, 0.1) is 0 Å². The number of unbranched alkanes of at least 4 members (excludes halogenated alkanes) is 3. The molecule has 0 unspecified atom stereocenters. The standard InChI is InChI=1S/C7H18OSi2/c1-2-3-4-5-6-7-10-8-9/h6-7H,2-5,10H2,1,9H3. The molecule has 1 nitrogen and oxygen atoms in total. The fourth-order valence-corrected chi connectivity index (χ4v) is 1.94. The van der Waals surface area contributed by atoms with Crippen LogP contribution in [0, 0.1) is 0 Å². The van der Waals surface area contributed by atoms with Crippen LogP contribution in [0.1, 0.15) is 32.6 Å². The van der Waals surface area contributed by atoms with E-state index in [-0.39, 0.29) is 9.76 Å². The van der Waals surface area contributed by atoms with E-state index in [0.717, 1.165) is 10.5 Å². The number of hydrogen-bond acceptors (Lipinski definition) is 1. The number of hydrogen-bond donors (Lipinski definition) is 0. The van der Waals surface area contributed by atoms with E-state index in [9.17, 15) is 0 Å². The predicted octanol–water partition coefficient (Wildman–Crippen LogP) is 0.461. The monoisotopic (exact) mass is 174 g/mol. The average Bonchev–Trinajstić information content (AvgIpc) is 1.97. The summed E-state index contributed by atoms with van der Waals surface area (Å²) in [6.07, 6.45) is 7.57. The van der Waals surface area contributed by atoms with Crippen LogP contribution >= 0.6 is 0 Å². The molecule has 0 heterocycles. The first-order valence-corrected chi connectivity index (χ1v) is 6.26. The van der Waals surface area contributed by atoms with Crippen LogP contribution in [0.25, 0.3) is 0 Å². The highest BCUT2D eigenvalue weighted by Gasteiger charge is 1.80. The zero-order chi connectivity index (χ0) is 7.66. The second kappa shape index (κ2) is 9.13. The Bertz CT molecular complexity index is 83.7. The average molecular weight is 174 g/mol. The van der Waals surface area contributed by atoms with Crippen molar-refractivity contribution in [1.82, 2.24) is 0 Å². The van der Waals surface area contributed by atoms with Gasteiger partial charge in [-0.1, -0.05) is 31.5 Å². The van der Waals surface area contributed by atoms with Crippen molar-refractivity contribution in [3.63, 3.8) is 0 Å². The molecular weight excluding hydrogens is 156 g/mol. The fourth-order valence-electron chi connectivity index (χ4n) is 0.794. The van der Waals surface area contributed by atoms with Gasteiger partial charge in [0, 0.05) is 0 Å². The van der Waals surface area contributed by atoms with Crippen molar-refractivity contribution in [2.24, 2.45) is 0 Å². The summed E-state index contributed by atoms with van der Waals surface area (Å²) in [7, 11) is 0.688. The quantitative estimate of drug-likeness (QED) is 0.420. The molecular formula is C7H18OSi2. The van der Waals surface area contributed by atoms with Crippen LogP contribution in [0.3, 0.4) is 0 Å². The zero-order valence-electron chi connectivity index (χ0n) is 7.10. The second-order valence-corrected chi connectivity index (χ2v) is 5.54. The van der Waals surface area contributed by atoms with Crippen molar-refractivity contribution in [2.45, 2.75) is 32.6 Å². The molecule has 0 radical (unpaired) electrons. The Labute approximate surface area is 69.3 Å². The molecule has 0 spiro atoms. The third-order valence-corrected chi connectivity index (χ3v) is 3.26. The first-order chi connectivity index (χ1) is 4.91. The molecule has 0 aromatic carbocycles. The molecule has 0 aliphatic rings. The van der Waals surface area contributed by atoms with Crippen LogP contribution in [0.2, 0.25) is 0 Å². The predicted molar refractivity (Wildman–Crippen MR) is 52.9 cm³/mol. The molecule has 0 aliphatic heterocycles. The van der Waals surface area contributed by atoms with E-state index in [4.69, 9.17) is 4.12 Å². The summed E-state index contributed by atoms with van der Waals surface area (Å²) in [4.78, 5) is 0. The van der Waals surface area contributed by atoms with Gasteiger partial charge >= 0.3 is 0 Å². The smallest absolute Gasteiger partial charge is 0.170 e. The topological polar surface area (TPSA) is 9.23 Å². The molecule has 0 aromatic rings. The lowest BCUT2D eigenvalue weighted by molar-refractivity contribution is 0.674. The van der Waals surface area contributed by atoms with Crippen LogP contribution in [-0.4, -0.2) is 20.2 Å². The van der Waals surface area contributed by atoms with Crippen LogP contribution in [0.4, 0.5) is 0 Å². The van der Waals surface area contributed by atoms with Gasteiger partial charge in [-0.05, 0) is 12.8 Å². The van der Waals surface area contributed by atoms with Crippen LogP contribution in [0.15, 0.2) is 11.8 Å². The van der Waals surface area contributed by atoms with Crippen molar-refractivity contribution in [3.05, 3.63) is 11.8 Å². The Kier molecular flexibility index (Phi) is 9.26. The molecule has 0 atom stereocenters. The van der Waals surface area contributed by atoms with E-state index in [1.54, 1.807) is 0 Å². The Hall–Kier alpha value is 0.134. The van der Waals surface area contributed by atoms with Gasteiger partial charge in [0.2, 0.25) is 0 Å². The summed E-state index contributed by atoms with van der Waals surface area (Å²) in [5.41, 5.74) is 2.25. The highest BCUT2D eigenvalue weighted by atomic mass is 28.3. The summed E-state index contributed by atoms with van der Waals surface area (Å²) in [5, 5.41) is 0. The second-order valence-electron chi connectivity index (χ2n) is 2.42. The van der Waals surface area contributed by atoms with Crippen molar-refractivity contribution in [1.29, 1.82) is 0 Å². The molecule has 60 valence electrons. The SMILES string of the molecule is CCCCCC=C[SiH2]O[SiH3]. The van der Waals surface area contributed by atoms with Crippen LogP contribution in [0.5, 0.6) is 0 Å². The molecule has 0 rings (SSSR count). The maximum Gasteiger partial charge on any atom is 0.170 e. The maximum absolute atomic E-state index is 5.14. The van der Waals surface area contributed by atoms with Gasteiger partial charge in [-0.3, -0.25) is 0 Å². The van der Waals surface area contributed by atoms with Crippen molar-refractivity contribution in [3.8, 4) is 0 Å². The van der Waals surface area contributed by atoms with E-state index in [2.05, 4.69) is 18.7 Å². The highest BCUT2D eigenvalue weighted by molar-refractivity contribution is 6.39. The lowest BCUT2D eigenvalue weighted by atomic mass is 10.2. The minimum Gasteiger partial charge on any atom is -0.465 e. The normalized spacial score (nSPS) is 12.5. The number of rotatable bonds is 6. The Morgan fingerprint density at radius 1 is 1.50 bits per heavy atom. The first kappa shape index (κ1) is 10.1. The molecule has 0 saturated heterocycles. The molecule has 0 aliphatic carbocycles. The first-order valence-electron chi connectivity index (χ1n) is 4.05. The molecule has 0 bridgehead atoms. The highest BCUT2D eigenvalue weighted by Crippen LogP contribution is 1.98. The molecule has 0 fully saturated rings. The minimum atomic E-state index is -0.231. The maximum atomic E-state index is 5.14. The minimum absolute atomic E-state index is 0.231. The molecule has 3 heteroatoms. The summed E-state index contributed by atoms with van der Waals surface area (Å²) >= 11 is 0. The molecule has 0 amide bonds. The summed E-state index contributed by atoms with van der Waals surface area (Å²) < 4.78 is 5.14. The number of allylic oxidation sites excluding steroid dienone is 1. The molecule has 0 saturated carbocycles. The van der Waals surface area contributed by atoms with E-state index in [1.807, 2.05) is 0 Å². The van der Waals surface area contributed by atoms with Gasteiger partial charge in [0.1, 0.15) is 10.5 Å². The van der Waals surface area contributed by atoms with E-state index >= 15 is 0 Å². The summed E-state index contributed by atoms with van der Waals surface area (Å²) in [6, 6.07) is 0. The van der Waals surface area contributed by atoms with Crippen LogP contribution < -0.4 is 0 Å². The zero-order valence-corrected chi connectivity index (χ0v) is 10.5. The molecule has 0 N–H and O–H groups in total. The summed E-state index contributed by atoms with van der Waals surface area (Å²) in [6.45, 7) is 2.24. The third kappa shape index (κ3) is 8.13. The lowest BCUT2D eigenvalue weighted by Gasteiger charge is -1.91. The van der Waals surface area contributed by atoms with Gasteiger partial charge in [0.25, 0.3) is 0 Å². The van der Waals surface area contributed by atoms with E-state index < -0.39 is 0 Å². The van der Waals surface area contributed by atoms with Gasteiger partial charge in [0.15, 0.2) is 9.76 Å². The van der Waals surface area contributed by atoms with Gasteiger partial charge < -0.3 is 4.12 Å². The summed E-state index contributed by atoms with van der Waals surface area (Å²) in [5.74, 6) is 0. The van der Waals surface area contributed by atoms with Gasteiger partial charge in [-0.2, -0.15) is 0 Å². The van der Waals surface area contributed by atoms with E-state index in [0.29, 0.717) is 0 Å². The largest absolute Gasteiger partial charge is 0.465 e. The third-order valence-electron chi connectivity index (χ3n) is 1.40. The fraction of sp³-hybridized carbons (Fsp3) is 0.714. The Morgan fingerprint density at radius 2 is 2.30 bits per heavy atom. The van der Waals surface area contributed by atoms with Crippen molar-refractivity contribution in [2.75, 3.05) is 0 Å². The molecule has 0 aromatic heterocycles. The van der Waals surface area contributed by atoms with Crippen molar-refractivity contribution < 1.29 is 4.12 Å². The molecule has 10 heavy (non-hydrogen) atoms. The van der Waals surface area contributed by atoms with E-state index in [1.165, 1.54) is 25.7 Å². The van der Waals surface area contributed by atoms with Crippen LogP contribution in [-0.2, 0) is 4.12 Å². The lowest BCUT2D eigenvalue weighted by Crippen LogP contribution is -1.87. The van der Waals surface area contributed by atoms with Gasteiger partial charge in [-0.15, -0.1) is 0 Å². The Morgan fingerprint density at radius 3 is 2.90 bits per heavy atom. The van der Waals surface area contributed by atoms with Crippen molar-refractivity contribution >= 4 is 20.2 Å². The van der Waals surface area contributed by atoms with Gasteiger partial charge in [-0.25, -0.2) is 0 Å².